The van der Waals surface area contributed by atoms with Crippen molar-refractivity contribution in [1.29, 1.82) is 0 Å². The molecule has 0 saturated heterocycles. The first-order valence-electron chi connectivity index (χ1n) is 9.31. The summed E-state index contributed by atoms with van der Waals surface area (Å²) in [6.45, 7) is 4.27. The first kappa shape index (κ1) is 17.3. The number of aryl methyl sites for hydroxylation is 2. The molecule has 1 fully saturated rings. The fraction of sp³-hybridized carbons (Fsp3) is 0.632. The molecule has 1 atom stereocenters. The number of nitrogens with one attached hydrogen (secondary N) is 1. The standard InChI is InChI=1S/C19H25N3OS2/c1-11-7-8-14-15(9-11)25-19-17(14)18(20-12(2)21-19)24-10-16(23)22-13-5-3-4-6-13/h11,13H,3-10H2,1-2H3,(H,22,23)/t11-/m1/s1. The van der Waals surface area contributed by atoms with Crippen LogP contribution in [0.25, 0.3) is 10.2 Å². The van der Waals surface area contributed by atoms with E-state index in [1.54, 1.807) is 11.8 Å². The normalized spacial score (nSPS) is 20.8. The lowest BCUT2D eigenvalue weighted by Gasteiger charge is -2.18. The zero-order chi connectivity index (χ0) is 17.4. The van der Waals surface area contributed by atoms with Gasteiger partial charge in [0.2, 0.25) is 5.91 Å². The number of fused-ring (bicyclic) bond motifs is 3. The molecule has 2 heterocycles. The van der Waals surface area contributed by atoms with Gasteiger partial charge in [-0.3, -0.25) is 4.79 Å². The summed E-state index contributed by atoms with van der Waals surface area (Å²) in [5, 5.41) is 5.39. The molecule has 2 aromatic rings. The summed E-state index contributed by atoms with van der Waals surface area (Å²) in [4.78, 5) is 24.2. The summed E-state index contributed by atoms with van der Waals surface area (Å²) in [6, 6.07) is 0.385. The predicted molar refractivity (Wildman–Crippen MR) is 104 cm³/mol. The number of carbonyl (C=O) groups is 1. The average Bonchev–Trinajstić information content (AvgIpc) is 3.18. The van der Waals surface area contributed by atoms with Crippen molar-refractivity contribution < 1.29 is 4.79 Å². The van der Waals surface area contributed by atoms with Crippen LogP contribution in [0.1, 0.15) is 55.3 Å². The van der Waals surface area contributed by atoms with E-state index in [0.717, 1.165) is 47.3 Å². The Labute approximate surface area is 157 Å². The molecule has 2 aliphatic rings. The molecular formula is C19H25N3OS2. The van der Waals surface area contributed by atoms with Crippen molar-refractivity contribution >= 4 is 39.2 Å². The van der Waals surface area contributed by atoms with Crippen LogP contribution in [0.2, 0.25) is 0 Å². The van der Waals surface area contributed by atoms with Crippen LogP contribution in [0.4, 0.5) is 0 Å². The fourth-order valence-electron chi connectivity index (χ4n) is 3.99. The molecule has 2 aromatic heterocycles. The summed E-state index contributed by atoms with van der Waals surface area (Å²) >= 11 is 3.40. The number of thiophene rings is 1. The maximum atomic E-state index is 12.3. The van der Waals surface area contributed by atoms with Gasteiger partial charge in [-0.25, -0.2) is 9.97 Å². The van der Waals surface area contributed by atoms with E-state index in [-0.39, 0.29) is 5.91 Å². The third-order valence-electron chi connectivity index (χ3n) is 5.29. The maximum absolute atomic E-state index is 12.3. The summed E-state index contributed by atoms with van der Waals surface area (Å²) in [6.07, 6.45) is 8.24. The minimum Gasteiger partial charge on any atom is -0.353 e. The fourth-order valence-corrected chi connectivity index (χ4v) is 6.39. The second-order valence-electron chi connectivity index (χ2n) is 7.45. The van der Waals surface area contributed by atoms with Crippen LogP contribution in [0, 0.1) is 12.8 Å². The number of amides is 1. The van der Waals surface area contributed by atoms with Crippen LogP contribution in [0.15, 0.2) is 5.03 Å². The number of nitrogens with zero attached hydrogens (tertiary/aromatic N) is 2. The average molecular weight is 376 g/mol. The highest BCUT2D eigenvalue weighted by molar-refractivity contribution is 8.00. The predicted octanol–water partition coefficient (Wildman–Crippen LogP) is 4.28. The molecule has 0 spiro atoms. The first-order valence-corrected chi connectivity index (χ1v) is 11.1. The largest absolute Gasteiger partial charge is 0.353 e. The van der Waals surface area contributed by atoms with Crippen LogP contribution in [0.3, 0.4) is 0 Å². The van der Waals surface area contributed by atoms with Crippen molar-refractivity contribution in [3.63, 3.8) is 0 Å². The molecule has 2 aliphatic carbocycles. The maximum Gasteiger partial charge on any atom is 0.230 e. The van der Waals surface area contributed by atoms with Gasteiger partial charge in [0, 0.05) is 16.3 Å². The number of carbonyl (C=O) groups excluding carboxylic acids is 1. The molecule has 25 heavy (non-hydrogen) atoms. The van der Waals surface area contributed by atoms with Crippen molar-refractivity contribution in [2.45, 2.75) is 69.9 Å². The third-order valence-corrected chi connectivity index (χ3v) is 7.42. The van der Waals surface area contributed by atoms with Crippen molar-refractivity contribution in [2.24, 2.45) is 5.92 Å². The van der Waals surface area contributed by atoms with Crippen molar-refractivity contribution in [1.82, 2.24) is 15.3 Å². The molecule has 1 amide bonds. The Hall–Kier alpha value is -1.14. The van der Waals surface area contributed by atoms with Gasteiger partial charge in [-0.15, -0.1) is 11.3 Å². The Morgan fingerprint density at radius 2 is 2.08 bits per heavy atom. The van der Waals surface area contributed by atoms with Gasteiger partial charge >= 0.3 is 0 Å². The molecule has 0 aromatic carbocycles. The van der Waals surface area contributed by atoms with E-state index in [9.17, 15) is 4.79 Å². The van der Waals surface area contributed by atoms with E-state index in [4.69, 9.17) is 0 Å². The lowest BCUT2D eigenvalue weighted by molar-refractivity contribution is -0.119. The highest BCUT2D eigenvalue weighted by Crippen LogP contribution is 2.40. The highest BCUT2D eigenvalue weighted by Gasteiger charge is 2.24. The summed E-state index contributed by atoms with van der Waals surface area (Å²) < 4.78 is 0. The van der Waals surface area contributed by atoms with Gasteiger partial charge in [0.1, 0.15) is 15.7 Å². The van der Waals surface area contributed by atoms with Crippen molar-refractivity contribution in [2.75, 3.05) is 5.75 Å². The van der Waals surface area contributed by atoms with Gasteiger partial charge in [-0.2, -0.15) is 0 Å². The smallest absolute Gasteiger partial charge is 0.230 e. The quantitative estimate of drug-likeness (QED) is 0.640. The van der Waals surface area contributed by atoms with Crippen LogP contribution >= 0.6 is 23.1 Å². The van der Waals surface area contributed by atoms with Crippen LogP contribution < -0.4 is 5.32 Å². The lowest BCUT2D eigenvalue weighted by Crippen LogP contribution is -2.33. The van der Waals surface area contributed by atoms with E-state index in [0.29, 0.717) is 11.8 Å². The van der Waals surface area contributed by atoms with Crippen molar-refractivity contribution in [3.8, 4) is 0 Å². The first-order chi connectivity index (χ1) is 12.1. The minimum atomic E-state index is 0.138. The SMILES string of the molecule is Cc1nc(SCC(=O)NC2CCCC2)c2c3c(sc2n1)C[C@H](C)CC3. The van der Waals surface area contributed by atoms with Gasteiger partial charge in [-0.1, -0.05) is 31.5 Å². The van der Waals surface area contributed by atoms with Gasteiger partial charge in [0.25, 0.3) is 0 Å². The van der Waals surface area contributed by atoms with Crippen LogP contribution in [-0.4, -0.2) is 27.7 Å². The highest BCUT2D eigenvalue weighted by atomic mass is 32.2. The summed E-state index contributed by atoms with van der Waals surface area (Å²) in [5.41, 5.74) is 1.44. The number of hydrogen-bond acceptors (Lipinski definition) is 5. The minimum absolute atomic E-state index is 0.138. The number of hydrogen-bond donors (Lipinski definition) is 1. The monoisotopic (exact) mass is 375 g/mol. The van der Waals surface area contributed by atoms with Gasteiger partial charge in [0.05, 0.1) is 5.75 Å². The van der Waals surface area contributed by atoms with Gasteiger partial charge < -0.3 is 5.32 Å². The molecule has 4 nitrogen and oxygen atoms in total. The Kier molecular flexibility index (Phi) is 5.00. The molecule has 134 valence electrons. The van der Waals surface area contributed by atoms with E-state index in [1.165, 1.54) is 35.1 Å². The summed E-state index contributed by atoms with van der Waals surface area (Å²) in [7, 11) is 0. The molecule has 4 rings (SSSR count). The van der Waals surface area contributed by atoms with Gasteiger partial charge in [-0.05, 0) is 50.5 Å². The van der Waals surface area contributed by atoms with E-state index >= 15 is 0 Å². The van der Waals surface area contributed by atoms with E-state index in [2.05, 4.69) is 22.2 Å². The second-order valence-corrected chi connectivity index (χ2v) is 9.49. The van der Waals surface area contributed by atoms with Crippen LogP contribution in [0.5, 0.6) is 0 Å². The Balaban J connectivity index is 1.55. The van der Waals surface area contributed by atoms with E-state index < -0.39 is 0 Å². The van der Waals surface area contributed by atoms with Gasteiger partial charge in [0.15, 0.2) is 0 Å². The molecule has 0 unspecified atom stereocenters. The number of rotatable bonds is 4. The second kappa shape index (κ2) is 7.23. The van der Waals surface area contributed by atoms with Crippen LogP contribution in [-0.2, 0) is 17.6 Å². The zero-order valence-corrected chi connectivity index (χ0v) is 16.6. The molecule has 1 saturated carbocycles. The molecule has 6 heteroatoms. The van der Waals surface area contributed by atoms with Crippen molar-refractivity contribution in [3.05, 3.63) is 16.3 Å². The molecule has 0 bridgehead atoms. The Bertz CT molecular complexity index is 796. The topological polar surface area (TPSA) is 54.9 Å². The molecule has 0 radical (unpaired) electrons. The summed E-state index contributed by atoms with van der Waals surface area (Å²) in [5.74, 6) is 2.14. The lowest BCUT2D eigenvalue weighted by atomic mass is 9.89. The van der Waals surface area contributed by atoms with E-state index in [1.807, 2.05) is 18.3 Å². The number of thioether (sulfide) groups is 1. The Morgan fingerprint density at radius 1 is 1.28 bits per heavy atom. The third kappa shape index (κ3) is 3.70. The molecule has 0 aliphatic heterocycles. The molecular weight excluding hydrogens is 350 g/mol. The number of aromatic nitrogens is 2. The molecule has 1 N–H and O–H groups in total. The zero-order valence-electron chi connectivity index (χ0n) is 14.9. The Morgan fingerprint density at radius 3 is 2.88 bits per heavy atom.